The minimum Gasteiger partial charge on any atom is -0.398 e. The standard InChI is InChI=1S/C25H24N2O2/c26-22-14-7-6-13-21(22)24(28)19-11-4-5-12-20(19)25(29)23-15-8-16-27(23)17-18-9-2-1-3-10-18/h1-7,9-14,23H,8,15-17,26H2/t23-/m0/s1. The van der Waals surface area contributed by atoms with E-state index in [1.54, 1.807) is 42.5 Å². The highest BCUT2D eigenvalue weighted by Crippen LogP contribution is 2.26. The summed E-state index contributed by atoms with van der Waals surface area (Å²) in [7, 11) is 0. The lowest BCUT2D eigenvalue weighted by Crippen LogP contribution is -2.36. The van der Waals surface area contributed by atoms with Crippen LogP contribution in [0.2, 0.25) is 0 Å². The number of likely N-dealkylation sites (tertiary alicyclic amines) is 1. The quantitative estimate of drug-likeness (QED) is 0.507. The van der Waals surface area contributed by atoms with Crippen LogP contribution in [0.15, 0.2) is 78.9 Å². The van der Waals surface area contributed by atoms with Crippen LogP contribution in [0.4, 0.5) is 5.69 Å². The van der Waals surface area contributed by atoms with Gasteiger partial charge in [-0.15, -0.1) is 0 Å². The Labute approximate surface area is 171 Å². The number of ketones is 2. The van der Waals surface area contributed by atoms with E-state index in [-0.39, 0.29) is 17.6 Å². The maximum absolute atomic E-state index is 13.5. The van der Waals surface area contributed by atoms with E-state index >= 15 is 0 Å². The van der Waals surface area contributed by atoms with Gasteiger partial charge in [0.15, 0.2) is 11.6 Å². The van der Waals surface area contributed by atoms with Gasteiger partial charge in [-0.1, -0.05) is 66.7 Å². The smallest absolute Gasteiger partial charge is 0.195 e. The minimum absolute atomic E-state index is 0.0110. The van der Waals surface area contributed by atoms with Crippen molar-refractivity contribution < 1.29 is 9.59 Å². The summed E-state index contributed by atoms with van der Waals surface area (Å²) in [6.45, 7) is 1.62. The molecule has 3 aromatic rings. The van der Waals surface area contributed by atoms with Crippen molar-refractivity contribution in [3.05, 3.63) is 101 Å². The van der Waals surface area contributed by atoms with Crippen molar-refractivity contribution in [1.29, 1.82) is 0 Å². The van der Waals surface area contributed by atoms with Gasteiger partial charge in [-0.2, -0.15) is 0 Å². The molecule has 2 N–H and O–H groups in total. The molecule has 0 radical (unpaired) electrons. The average Bonchev–Trinajstić information content (AvgIpc) is 3.22. The van der Waals surface area contributed by atoms with Crippen LogP contribution in [0.1, 0.15) is 44.7 Å². The number of carbonyl (C=O) groups excluding carboxylic acids is 2. The first-order chi connectivity index (χ1) is 14.1. The third-order valence-corrected chi connectivity index (χ3v) is 5.54. The fourth-order valence-electron chi connectivity index (χ4n) is 4.05. The van der Waals surface area contributed by atoms with Gasteiger partial charge in [0.2, 0.25) is 0 Å². The molecule has 1 heterocycles. The molecule has 29 heavy (non-hydrogen) atoms. The Balaban J connectivity index is 1.62. The van der Waals surface area contributed by atoms with Crippen molar-refractivity contribution in [3.8, 4) is 0 Å². The number of nitrogen functional groups attached to an aromatic ring is 1. The van der Waals surface area contributed by atoms with Crippen LogP contribution in [0, 0.1) is 0 Å². The van der Waals surface area contributed by atoms with Crippen molar-refractivity contribution in [2.24, 2.45) is 0 Å². The number of rotatable bonds is 6. The van der Waals surface area contributed by atoms with Crippen LogP contribution in [0.25, 0.3) is 0 Å². The van der Waals surface area contributed by atoms with E-state index in [4.69, 9.17) is 5.73 Å². The number of para-hydroxylation sites is 1. The van der Waals surface area contributed by atoms with Crippen LogP contribution in [0.3, 0.4) is 0 Å². The first-order valence-electron chi connectivity index (χ1n) is 9.95. The summed E-state index contributed by atoms with van der Waals surface area (Å²) in [5.41, 5.74) is 8.94. The highest BCUT2D eigenvalue weighted by molar-refractivity contribution is 6.18. The number of anilines is 1. The summed E-state index contributed by atoms with van der Waals surface area (Å²) in [6, 6.07) is 24.0. The molecule has 0 spiro atoms. The van der Waals surface area contributed by atoms with Gasteiger partial charge in [-0.25, -0.2) is 0 Å². The molecule has 1 aliphatic rings. The second kappa shape index (κ2) is 8.41. The first kappa shape index (κ1) is 19.1. The highest BCUT2D eigenvalue weighted by Gasteiger charge is 2.33. The number of hydrogen-bond donors (Lipinski definition) is 1. The Morgan fingerprint density at radius 2 is 1.45 bits per heavy atom. The predicted octanol–water partition coefficient (Wildman–Crippen LogP) is 4.35. The van der Waals surface area contributed by atoms with E-state index in [1.165, 1.54) is 5.56 Å². The maximum atomic E-state index is 13.5. The van der Waals surface area contributed by atoms with E-state index in [1.807, 2.05) is 24.3 Å². The number of benzene rings is 3. The first-order valence-corrected chi connectivity index (χ1v) is 9.95. The summed E-state index contributed by atoms with van der Waals surface area (Å²) in [6.07, 6.45) is 1.78. The molecule has 4 nitrogen and oxygen atoms in total. The van der Waals surface area contributed by atoms with E-state index in [9.17, 15) is 9.59 Å². The van der Waals surface area contributed by atoms with Crippen molar-refractivity contribution in [1.82, 2.24) is 4.90 Å². The van der Waals surface area contributed by atoms with Gasteiger partial charge >= 0.3 is 0 Å². The fourth-order valence-corrected chi connectivity index (χ4v) is 4.05. The SMILES string of the molecule is Nc1ccccc1C(=O)c1ccccc1C(=O)[C@@H]1CCCN1Cc1ccccc1. The molecule has 0 saturated carbocycles. The van der Waals surface area contributed by atoms with E-state index in [0.717, 1.165) is 25.9 Å². The van der Waals surface area contributed by atoms with Crippen LogP contribution in [-0.2, 0) is 6.54 Å². The molecular weight excluding hydrogens is 360 g/mol. The van der Waals surface area contributed by atoms with Gasteiger partial charge in [-0.3, -0.25) is 14.5 Å². The van der Waals surface area contributed by atoms with Gasteiger partial charge in [0, 0.05) is 28.9 Å². The van der Waals surface area contributed by atoms with Crippen LogP contribution >= 0.6 is 0 Å². The Hall–Kier alpha value is -3.24. The Bertz CT molecular complexity index is 1030. The lowest BCUT2D eigenvalue weighted by atomic mass is 9.92. The Kier molecular flexibility index (Phi) is 5.54. The molecule has 0 aromatic heterocycles. The second-order valence-electron chi connectivity index (χ2n) is 7.44. The van der Waals surface area contributed by atoms with Crippen molar-refractivity contribution in [2.75, 3.05) is 12.3 Å². The molecular formula is C25H24N2O2. The normalized spacial score (nSPS) is 16.6. The van der Waals surface area contributed by atoms with Gasteiger partial charge in [0.1, 0.15) is 0 Å². The molecule has 0 aliphatic carbocycles. The third-order valence-electron chi connectivity index (χ3n) is 5.54. The van der Waals surface area contributed by atoms with Gasteiger partial charge in [-0.05, 0) is 37.1 Å². The van der Waals surface area contributed by atoms with E-state index in [0.29, 0.717) is 22.4 Å². The van der Waals surface area contributed by atoms with E-state index in [2.05, 4.69) is 17.0 Å². The molecule has 0 amide bonds. The van der Waals surface area contributed by atoms with Gasteiger partial charge in [0.05, 0.1) is 6.04 Å². The second-order valence-corrected chi connectivity index (χ2v) is 7.44. The summed E-state index contributed by atoms with van der Waals surface area (Å²) in [4.78, 5) is 28.8. The number of Topliss-reactive ketones (excluding diaryl/α,β-unsaturated/α-hetero) is 1. The molecule has 1 atom stereocenters. The van der Waals surface area contributed by atoms with Gasteiger partial charge < -0.3 is 5.73 Å². The van der Waals surface area contributed by atoms with Gasteiger partial charge in [0.25, 0.3) is 0 Å². The molecule has 1 aliphatic heterocycles. The minimum atomic E-state index is -0.211. The fraction of sp³-hybridized carbons (Fsp3) is 0.200. The Morgan fingerprint density at radius 3 is 2.17 bits per heavy atom. The number of nitrogens with two attached hydrogens (primary N) is 1. The number of carbonyl (C=O) groups is 2. The van der Waals surface area contributed by atoms with Crippen molar-refractivity contribution in [3.63, 3.8) is 0 Å². The van der Waals surface area contributed by atoms with Crippen LogP contribution in [0.5, 0.6) is 0 Å². The molecule has 146 valence electrons. The van der Waals surface area contributed by atoms with Crippen molar-refractivity contribution >= 4 is 17.3 Å². The van der Waals surface area contributed by atoms with Crippen LogP contribution in [-0.4, -0.2) is 29.1 Å². The van der Waals surface area contributed by atoms with Crippen molar-refractivity contribution in [2.45, 2.75) is 25.4 Å². The zero-order chi connectivity index (χ0) is 20.2. The predicted molar refractivity (Wildman–Crippen MR) is 115 cm³/mol. The average molecular weight is 384 g/mol. The molecule has 4 rings (SSSR count). The monoisotopic (exact) mass is 384 g/mol. The zero-order valence-corrected chi connectivity index (χ0v) is 16.3. The number of nitrogens with zero attached hydrogens (tertiary/aromatic N) is 1. The summed E-state index contributed by atoms with van der Waals surface area (Å²) >= 11 is 0. The highest BCUT2D eigenvalue weighted by atomic mass is 16.1. The summed E-state index contributed by atoms with van der Waals surface area (Å²) in [5, 5.41) is 0. The summed E-state index contributed by atoms with van der Waals surface area (Å²) in [5.74, 6) is -0.198. The largest absolute Gasteiger partial charge is 0.398 e. The lowest BCUT2D eigenvalue weighted by Gasteiger charge is -2.24. The summed E-state index contributed by atoms with van der Waals surface area (Å²) < 4.78 is 0. The maximum Gasteiger partial charge on any atom is 0.195 e. The molecule has 0 bridgehead atoms. The topological polar surface area (TPSA) is 63.4 Å². The van der Waals surface area contributed by atoms with E-state index < -0.39 is 0 Å². The Morgan fingerprint density at radius 1 is 0.828 bits per heavy atom. The molecule has 3 aromatic carbocycles. The molecule has 1 fully saturated rings. The lowest BCUT2D eigenvalue weighted by molar-refractivity contribution is 0.0856. The zero-order valence-electron chi connectivity index (χ0n) is 16.3. The third kappa shape index (κ3) is 3.98. The molecule has 1 saturated heterocycles. The number of hydrogen-bond acceptors (Lipinski definition) is 4. The molecule has 4 heteroatoms. The van der Waals surface area contributed by atoms with Crippen LogP contribution < -0.4 is 5.73 Å². The molecule has 0 unspecified atom stereocenters.